The molecule has 9 heteroatoms. The molecule has 0 amide bonds. The van der Waals surface area contributed by atoms with Crippen molar-refractivity contribution in [2.75, 3.05) is 11.4 Å². The van der Waals surface area contributed by atoms with Gasteiger partial charge in [0.15, 0.2) is 17.3 Å². The van der Waals surface area contributed by atoms with Gasteiger partial charge in [-0.1, -0.05) is 30.3 Å². The lowest BCUT2D eigenvalue weighted by Gasteiger charge is -2.29. The van der Waals surface area contributed by atoms with Crippen molar-refractivity contribution >= 4 is 32.8 Å². The fraction of sp³-hybridized carbons (Fsp3) is 0.235. The smallest absolute Gasteiger partial charge is 0.164 e. The highest BCUT2D eigenvalue weighted by atomic mass is 79.9. The number of aromatic nitrogens is 7. The number of aryl methyl sites for hydroxylation is 1. The number of benzene rings is 1. The van der Waals surface area contributed by atoms with Crippen molar-refractivity contribution in [3.63, 3.8) is 0 Å². The highest BCUT2D eigenvalue weighted by Gasteiger charge is 2.25. The summed E-state index contributed by atoms with van der Waals surface area (Å²) in [5.74, 6) is 2.71. The van der Waals surface area contributed by atoms with E-state index in [4.69, 9.17) is 0 Å². The Morgan fingerprint density at radius 3 is 2.73 bits per heavy atom. The summed E-state index contributed by atoms with van der Waals surface area (Å²) in [6.07, 6.45) is 1.58. The molecule has 0 saturated heterocycles. The zero-order valence-electron chi connectivity index (χ0n) is 14.0. The number of anilines is 1. The van der Waals surface area contributed by atoms with Crippen LogP contribution < -0.4 is 4.90 Å². The lowest BCUT2D eigenvalue weighted by Crippen LogP contribution is -2.34. The Hall–Kier alpha value is -2.81. The van der Waals surface area contributed by atoms with Crippen LogP contribution in [0.2, 0.25) is 0 Å². The molecule has 3 aromatic heterocycles. The van der Waals surface area contributed by atoms with Crippen LogP contribution in [0, 0.1) is 0 Å². The molecule has 5 rings (SSSR count). The van der Waals surface area contributed by atoms with Crippen LogP contribution in [0.15, 0.2) is 41.3 Å². The van der Waals surface area contributed by atoms with Crippen molar-refractivity contribution in [2.24, 2.45) is 7.05 Å². The average molecular weight is 411 g/mol. The average Bonchev–Trinajstić information content (AvgIpc) is 3.23. The molecule has 0 bridgehead atoms. The van der Waals surface area contributed by atoms with E-state index in [0.717, 1.165) is 51.8 Å². The van der Waals surface area contributed by atoms with Gasteiger partial charge < -0.3 is 9.47 Å². The summed E-state index contributed by atoms with van der Waals surface area (Å²) in [6.45, 7) is 2.27. The Labute approximate surface area is 157 Å². The molecular weight excluding hydrogens is 396 g/mol. The van der Waals surface area contributed by atoms with Crippen LogP contribution in [0.5, 0.6) is 0 Å². The topological polar surface area (TPSA) is 77.5 Å². The van der Waals surface area contributed by atoms with E-state index in [9.17, 15) is 0 Å². The molecule has 130 valence electrons. The third-order valence-electron chi connectivity index (χ3n) is 4.64. The van der Waals surface area contributed by atoms with Gasteiger partial charge >= 0.3 is 0 Å². The Morgan fingerprint density at radius 2 is 1.88 bits per heavy atom. The van der Waals surface area contributed by atoms with Crippen molar-refractivity contribution < 1.29 is 0 Å². The number of hydrogen-bond donors (Lipinski definition) is 0. The van der Waals surface area contributed by atoms with Gasteiger partial charge in [0, 0.05) is 25.7 Å². The van der Waals surface area contributed by atoms with Crippen molar-refractivity contribution in [3.05, 3.63) is 47.1 Å². The summed E-state index contributed by atoms with van der Waals surface area (Å²) in [7, 11) is 1.88. The molecule has 8 nitrogen and oxygen atoms in total. The van der Waals surface area contributed by atoms with Gasteiger partial charge in [-0.05, 0) is 15.9 Å². The standard InChI is InChI=1S/C17H15BrN8/c1-24-16-13(14(18)23-24)17(20-10-19-16)25-7-8-26-12(9-25)21-22-15(26)11-5-3-2-4-6-11/h2-6,10H,7-9H2,1H3. The van der Waals surface area contributed by atoms with Crippen molar-refractivity contribution in [2.45, 2.75) is 13.1 Å². The van der Waals surface area contributed by atoms with Gasteiger partial charge in [-0.15, -0.1) is 10.2 Å². The van der Waals surface area contributed by atoms with E-state index < -0.39 is 0 Å². The molecule has 4 aromatic rings. The van der Waals surface area contributed by atoms with Gasteiger partial charge in [-0.2, -0.15) is 5.10 Å². The summed E-state index contributed by atoms with van der Waals surface area (Å²) in [5, 5.41) is 14.1. The molecule has 0 unspecified atom stereocenters. The van der Waals surface area contributed by atoms with Crippen molar-refractivity contribution in [1.82, 2.24) is 34.5 Å². The lowest BCUT2D eigenvalue weighted by molar-refractivity contribution is 0.561. The molecule has 0 radical (unpaired) electrons. The summed E-state index contributed by atoms with van der Waals surface area (Å²) >= 11 is 3.53. The van der Waals surface area contributed by atoms with Crippen LogP contribution in [-0.4, -0.2) is 41.1 Å². The molecule has 26 heavy (non-hydrogen) atoms. The summed E-state index contributed by atoms with van der Waals surface area (Å²) in [5.41, 5.74) is 1.89. The van der Waals surface area contributed by atoms with E-state index >= 15 is 0 Å². The van der Waals surface area contributed by atoms with E-state index in [0.29, 0.717) is 6.54 Å². The van der Waals surface area contributed by atoms with Gasteiger partial charge in [0.05, 0.1) is 11.9 Å². The van der Waals surface area contributed by atoms with Crippen LogP contribution >= 0.6 is 15.9 Å². The molecule has 0 aliphatic carbocycles. The van der Waals surface area contributed by atoms with E-state index in [-0.39, 0.29) is 0 Å². The minimum absolute atomic E-state index is 0.646. The fourth-order valence-electron chi connectivity index (χ4n) is 3.41. The first-order valence-corrected chi connectivity index (χ1v) is 9.07. The first kappa shape index (κ1) is 15.4. The molecule has 1 aliphatic heterocycles. The monoisotopic (exact) mass is 410 g/mol. The minimum atomic E-state index is 0.646. The molecule has 0 atom stereocenters. The van der Waals surface area contributed by atoms with Gasteiger partial charge in [0.25, 0.3) is 0 Å². The maximum Gasteiger partial charge on any atom is 0.164 e. The quantitative estimate of drug-likeness (QED) is 0.504. The maximum atomic E-state index is 4.52. The van der Waals surface area contributed by atoms with Crippen molar-refractivity contribution in [3.8, 4) is 11.4 Å². The maximum absolute atomic E-state index is 4.52. The van der Waals surface area contributed by atoms with Crippen LogP contribution in [0.4, 0.5) is 5.82 Å². The number of fused-ring (bicyclic) bond motifs is 2. The van der Waals surface area contributed by atoms with Gasteiger partial charge in [0.1, 0.15) is 16.7 Å². The first-order valence-electron chi connectivity index (χ1n) is 8.28. The van der Waals surface area contributed by atoms with E-state index in [1.165, 1.54) is 0 Å². The molecular formula is C17H15BrN8. The van der Waals surface area contributed by atoms with E-state index in [2.05, 4.69) is 62.8 Å². The second-order valence-electron chi connectivity index (χ2n) is 6.19. The Morgan fingerprint density at radius 1 is 1.04 bits per heavy atom. The fourth-order valence-corrected chi connectivity index (χ4v) is 4.00. The van der Waals surface area contributed by atoms with Crippen LogP contribution in [0.1, 0.15) is 5.82 Å². The van der Waals surface area contributed by atoms with Gasteiger partial charge in [0.2, 0.25) is 0 Å². The summed E-state index contributed by atoms with van der Waals surface area (Å²) in [6, 6.07) is 10.2. The molecule has 0 saturated carbocycles. The predicted octanol–water partition coefficient (Wildman–Crippen LogP) is 2.40. The van der Waals surface area contributed by atoms with E-state index in [1.54, 1.807) is 11.0 Å². The predicted molar refractivity (Wildman–Crippen MR) is 101 cm³/mol. The molecule has 1 aliphatic rings. The zero-order valence-corrected chi connectivity index (χ0v) is 15.6. The second kappa shape index (κ2) is 5.87. The lowest BCUT2D eigenvalue weighted by atomic mass is 10.2. The van der Waals surface area contributed by atoms with Crippen LogP contribution in [0.25, 0.3) is 22.4 Å². The van der Waals surface area contributed by atoms with Gasteiger partial charge in [-0.25, -0.2) is 14.6 Å². The number of halogens is 1. The SMILES string of the molecule is Cn1nc(Br)c2c(N3CCn4c(nnc4-c4ccccc4)C3)ncnc21. The molecule has 0 fully saturated rings. The molecule has 0 spiro atoms. The number of hydrogen-bond acceptors (Lipinski definition) is 6. The summed E-state index contributed by atoms with van der Waals surface area (Å²) < 4.78 is 4.69. The zero-order chi connectivity index (χ0) is 17.7. The third-order valence-corrected chi connectivity index (χ3v) is 5.20. The normalized spacial score (nSPS) is 14.0. The van der Waals surface area contributed by atoms with Crippen molar-refractivity contribution in [1.29, 1.82) is 0 Å². The first-order chi connectivity index (χ1) is 12.7. The second-order valence-corrected chi connectivity index (χ2v) is 6.94. The highest BCUT2D eigenvalue weighted by Crippen LogP contribution is 2.31. The van der Waals surface area contributed by atoms with E-state index in [1.807, 2.05) is 25.2 Å². The molecule has 1 aromatic carbocycles. The number of nitrogens with zero attached hydrogens (tertiary/aromatic N) is 8. The van der Waals surface area contributed by atoms with Gasteiger partial charge in [-0.3, -0.25) is 0 Å². The Kier molecular flexibility index (Phi) is 3.49. The third kappa shape index (κ3) is 2.31. The Balaban J connectivity index is 1.54. The Bertz CT molecular complexity index is 1100. The number of rotatable bonds is 2. The minimum Gasteiger partial charge on any atom is -0.347 e. The summed E-state index contributed by atoms with van der Waals surface area (Å²) in [4.78, 5) is 11.1. The molecule has 4 heterocycles. The van der Waals surface area contributed by atoms with Crippen LogP contribution in [-0.2, 0) is 20.1 Å². The van der Waals surface area contributed by atoms with Crippen LogP contribution in [0.3, 0.4) is 0 Å². The molecule has 0 N–H and O–H groups in total. The highest BCUT2D eigenvalue weighted by molar-refractivity contribution is 9.10. The largest absolute Gasteiger partial charge is 0.347 e.